The third-order valence-electron chi connectivity index (χ3n) is 2.97. The lowest BCUT2D eigenvalue weighted by Gasteiger charge is -2.14. The zero-order chi connectivity index (χ0) is 13.8. The van der Waals surface area contributed by atoms with E-state index in [-0.39, 0.29) is 16.9 Å². The summed E-state index contributed by atoms with van der Waals surface area (Å²) in [6, 6.07) is 13.2. The number of nitrogens with one attached hydrogen (secondary N) is 1. The molecule has 1 nitrogen and oxygen atoms in total. The molecule has 2 rings (SSSR count). The fourth-order valence-corrected chi connectivity index (χ4v) is 2.26. The summed E-state index contributed by atoms with van der Waals surface area (Å²) >= 11 is 9.17. The number of benzene rings is 2. The maximum absolute atomic E-state index is 13.0. The van der Waals surface area contributed by atoms with Crippen LogP contribution < -0.4 is 5.32 Å². The summed E-state index contributed by atoms with van der Waals surface area (Å²) in [5.74, 6) is -0.383. The van der Waals surface area contributed by atoms with Crippen LogP contribution in [0.3, 0.4) is 0 Å². The Morgan fingerprint density at radius 2 is 1.89 bits per heavy atom. The number of hydrogen-bond donors (Lipinski definition) is 1. The molecule has 2 aromatic rings. The van der Waals surface area contributed by atoms with Crippen molar-refractivity contribution in [2.45, 2.75) is 19.5 Å². The Kier molecular flexibility index (Phi) is 4.97. The number of hydrogen-bond acceptors (Lipinski definition) is 1. The zero-order valence-electron chi connectivity index (χ0n) is 10.5. The van der Waals surface area contributed by atoms with Crippen LogP contribution in [0.2, 0.25) is 5.02 Å². The summed E-state index contributed by atoms with van der Waals surface area (Å²) in [7, 11) is 0. The van der Waals surface area contributed by atoms with Crippen LogP contribution in [0.1, 0.15) is 24.1 Å². The summed E-state index contributed by atoms with van der Waals surface area (Å²) in [4.78, 5) is 0. The van der Waals surface area contributed by atoms with Crippen LogP contribution in [0.4, 0.5) is 4.39 Å². The molecule has 0 bridgehead atoms. The van der Waals surface area contributed by atoms with E-state index in [0.717, 1.165) is 10.0 Å². The Morgan fingerprint density at radius 3 is 2.53 bits per heavy atom. The summed E-state index contributed by atoms with van der Waals surface area (Å²) in [6.45, 7) is 2.74. The molecular formula is C15H14BrClFN. The van der Waals surface area contributed by atoms with Gasteiger partial charge in [0.25, 0.3) is 0 Å². The van der Waals surface area contributed by atoms with E-state index in [9.17, 15) is 4.39 Å². The molecule has 0 fully saturated rings. The van der Waals surface area contributed by atoms with E-state index in [4.69, 9.17) is 11.6 Å². The van der Waals surface area contributed by atoms with Crippen molar-refractivity contribution >= 4 is 27.5 Å². The highest BCUT2D eigenvalue weighted by Crippen LogP contribution is 2.19. The Labute approximate surface area is 125 Å². The van der Waals surface area contributed by atoms with E-state index in [2.05, 4.69) is 40.3 Å². The van der Waals surface area contributed by atoms with Crippen LogP contribution in [-0.2, 0) is 6.54 Å². The lowest BCUT2D eigenvalue weighted by molar-refractivity contribution is 0.573. The van der Waals surface area contributed by atoms with Crippen LogP contribution in [0.5, 0.6) is 0 Å². The summed E-state index contributed by atoms with van der Waals surface area (Å²) in [6.07, 6.45) is 0. The van der Waals surface area contributed by atoms with Crippen LogP contribution >= 0.6 is 27.5 Å². The first-order valence-electron chi connectivity index (χ1n) is 5.99. The Hall–Kier alpha value is -0.900. The highest BCUT2D eigenvalue weighted by atomic mass is 79.9. The van der Waals surface area contributed by atoms with Gasteiger partial charge in [-0.25, -0.2) is 4.39 Å². The standard InChI is InChI=1S/C15H14BrClFN/c1-10(12-3-5-13(16)6-4-12)19-9-11-2-7-15(18)14(17)8-11/h2-8,10,19H,9H2,1H3. The second-order valence-corrected chi connectivity index (χ2v) is 5.73. The summed E-state index contributed by atoms with van der Waals surface area (Å²) in [5.41, 5.74) is 2.17. The largest absolute Gasteiger partial charge is 0.306 e. The quantitative estimate of drug-likeness (QED) is 0.816. The minimum Gasteiger partial charge on any atom is -0.306 e. The molecule has 2 aromatic carbocycles. The zero-order valence-corrected chi connectivity index (χ0v) is 12.8. The molecule has 0 aromatic heterocycles. The molecule has 1 unspecified atom stereocenters. The van der Waals surface area contributed by atoms with E-state index < -0.39 is 0 Å². The molecule has 100 valence electrons. The van der Waals surface area contributed by atoms with Crippen molar-refractivity contribution in [1.29, 1.82) is 0 Å². The molecule has 0 aliphatic carbocycles. The van der Waals surface area contributed by atoms with Crippen molar-refractivity contribution in [3.05, 3.63) is 68.9 Å². The minimum atomic E-state index is -0.383. The van der Waals surface area contributed by atoms with Crippen molar-refractivity contribution in [3.8, 4) is 0 Å². The predicted molar refractivity (Wildman–Crippen MR) is 80.8 cm³/mol. The molecule has 0 saturated carbocycles. The molecule has 0 radical (unpaired) electrons. The lowest BCUT2D eigenvalue weighted by atomic mass is 10.1. The number of halogens is 3. The van der Waals surface area contributed by atoms with Crippen molar-refractivity contribution in [1.82, 2.24) is 5.32 Å². The Morgan fingerprint density at radius 1 is 1.21 bits per heavy atom. The first-order chi connectivity index (χ1) is 9.06. The van der Waals surface area contributed by atoms with E-state index in [1.165, 1.54) is 11.6 Å². The van der Waals surface area contributed by atoms with E-state index in [1.54, 1.807) is 12.1 Å². The average Bonchev–Trinajstić information content (AvgIpc) is 2.40. The predicted octanol–water partition coefficient (Wildman–Crippen LogP) is 5.09. The fourth-order valence-electron chi connectivity index (χ4n) is 1.79. The topological polar surface area (TPSA) is 12.0 Å². The second kappa shape index (κ2) is 6.51. The maximum Gasteiger partial charge on any atom is 0.141 e. The van der Waals surface area contributed by atoms with Gasteiger partial charge in [-0.3, -0.25) is 0 Å². The molecule has 1 N–H and O–H groups in total. The fraction of sp³-hybridized carbons (Fsp3) is 0.200. The molecule has 0 saturated heterocycles. The molecule has 0 aliphatic heterocycles. The van der Waals surface area contributed by atoms with Gasteiger partial charge in [0, 0.05) is 17.1 Å². The minimum absolute atomic E-state index is 0.163. The highest BCUT2D eigenvalue weighted by Gasteiger charge is 2.06. The van der Waals surface area contributed by atoms with Gasteiger partial charge >= 0.3 is 0 Å². The van der Waals surface area contributed by atoms with E-state index >= 15 is 0 Å². The Bertz CT molecular complexity index is 557. The molecular weight excluding hydrogens is 329 g/mol. The molecule has 0 amide bonds. The monoisotopic (exact) mass is 341 g/mol. The number of rotatable bonds is 4. The van der Waals surface area contributed by atoms with Crippen LogP contribution in [-0.4, -0.2) is 0 Å². The van der Waals surface area contributed by atoms with Gasteiger partial charge in [-0.2, -0.15) is 0 Å². The molecule has 19 heavy (non-hydrogen) atoms. The molecule has 1 atom stereocenters. The third-order valence-corrected chi connectivity index (χ3v) is 3.78. The SMILES string of the molecule is CC(NCc1ccc(F)c(Cl)c1)c1ccc(Br)cc1. The first-order valence-corrected chi connectivity index (χ1v) is 7.16. The molecule has 0 aliphatic rings. The average molecular weight is 343 g/mol. The normalized spacial score (nSPS) is 12.4. The lowest BCUT2D eigenvalue weighted by Crippen LogP contribution is -2.18. The van der Waals surface area contributed by atoms with Gasteiger partial charge in [0.2, 0.25) is 0 Å². The van der Waals surface area contributed by atoms with Crippen molar-refractivity contribution < 1.29 is 4.39 Å². The second-order valence-electron chi connectivity index (χ2n) is 4.40. The van der Waals surface area contributed by atoms with Gasteiger partial charge < -0.3 is 5.32 Å². The van der Waals surface area contributed by atoms with Gasteiger partial charge in [0.1, 0.15) is 5.82 Å². The van der Waals surface area contributed by atoms with Gasteiger partial charge in [-0.05, 0) is 42.3 Å². The van der Waals surface area contributed by atoms with Gasteiger partial charge in [-0.15, -0.1) is 0 Å². The van der Waals surface area contributed by atoms with Gasteiger partial charge in [0.15, 0.2) is 0 Å². The smallest absolute Gasteiger partial charge is 0.141 e. The molecule has 0 spiro atoms. The summed E-state index contributed by atoms with van der Waals surface area (Å²) in [5, 5.41) is 3.55. The van der Waals surface area contributed by atoms with Crippen LogP contribution in [0, 0.1) is 5.82 Å². The first kappa shape index (κ1) is 14.5. The van der Waals surface area contributed by atoms with Crippen LogP contribution in [0.25, 0.3) is 0 Å². The van der Waals surface area contributed by atoms with Gasteiger partial charge in [0.05, 0.1) is 5.02 Å². The molecule has 0 heterocycles. The van der Waals surface area contributed by atoms with Gasteiger partial charge in [-0.1, -0.05) is 45.7 Å². The van der Waals surface area contributed by atoms with Crippen molar-refractivity contribution in [2.75, 3.05) is 0 Å². The van der Waals surface area contributed by atoms with Crippen molar-refractivity contribution in [2.24, 2.45) is 0 Å². The highest BCUT2D eigenvalue weighted by molar-refractivity contribution is 9.10. The third kappa shape index (κ3) is 4.03. The van der Waals surface area contributed by atoms with Crippen LogP contribution in [0.15, 0.2) is 46.9 Å². The maximum atomic E-state index is 13.0. The molecule has 4 heteroatoms. The Balaban J connectivity index is 1.98. The summed E-state index contributed by atoms with van der Waals surface area (Å²) < 4.78 is 14.1. The van der Waals surface area contributed by atoms with Crippen molar-refractivity contribution in [3.63, 3.8) is 0 Å². The van der Waals surface area contributed by atoms with E-state index in [1.807, 2.05) is 12.1 Å². The van der Waals surface area contributed by atoms with E-state index in [0.29, 0.717) is 6.54 Å².